The molecule has 1 saturated carbocycles. The second-order valence-corrected chi connectivity index (χ2v) is 5.38. The summed E-state index contributed by atoms with van der Waals surface area (Å²) >= 11 is 0. The predicted molar refractivity (Wildman–Crippen MR) is 73.4 cm³/mol. The number of hydrogen-bond acceptors (Lipinski definition) is 2. The number of pyridine rings is 1. The van der Waals surface area contributed by atoms with Crippen LogP contribution in [0.15, 0.2) is 36.5 Å². The maximum Gasteiger partial charge on any atom is 0.0704 e. The van der Waals surface area contributed by atoms with Gasteiger partial charge in [-0.1, -0.05) is 37.5 Å². The first-order chi connectivity index (χ1) is 8.83. The average Bonchev–Trinajstić information content (AvgIpc) is 2.34. The zero-order chi connectivity index (χ0) is 12.4. The molecule has 1 aromatic heterocycles. The third-order valence-electron chi connectivity index (χ3n) is 4.03. The summed E-state index contributed by atoms with van der Waals surface area (Å²) < 4.78 is 0. The molecule has 2 aromatic rings. The monoisotopic (exact) mass is 241 g/mol. The lowest BCUT2D eigenvalue weighted by Crippen LogP contribution is -2.21. The highest BCUT2D eigenvalue weighted by molar-refractivity contribution is 5.81. The fraction of sp³-hybridized carbons (Fsp3) is 0.438. The lowest BCUT2D eigenvalue weighted by Gasteiger charge is -2.27. The highest BCUT2D eigenvalue weighted by atomic mass is 16.3. The minimum atomic E-state index is -0.207. The van der Waals surface area contributed by atoms with Gasteiger partial charge in [0.1, 0.15) is 0 Å². The number of nitrogens with zero attached hydrogens (tertiary/aromatic N) is 1. The van der Waals surface area contributed by atoms with Crippen molar-refractivity contribution in [3.05, 3.63) is 42.1 Å². The fourth-order valence-electron chi connectivity index (χ4n) is 2.78. The molecule has 1 unspecified atom stereocenters. The van der Waals surface area contributed by atoms with E-state index in [2.05, 4.69) is 11.1 Å². The van der Waals surface area contributed by atoms with E-state index in [0.29, 0.717) is 0 Å². The van der Waals surface area contributed by atoms with Crippen molar-refractivity contribution >= 4 is 10.9 Å². The van der Waals surface area contributed by atoms with Crippen LogP contribution in [0.4, 0.5) is 0 Å². The SMILES string of the molecule is OC(Cc1ccnc2ccccc12)CC1CCC1. The van der Waals surface area contributed by atoms with Gasteiger partial charge in [0.05, 0.1) is 11.6 Å². The lowest BCUT2D eigenvalue weighted by molar-refractivity contribution is 0.118. The number of aliphatic hydroxyl groups excluding tert-OH is 1. The van der Waals surface area contributed by atoms with Crippen LogP contribution in [0, 0.1) is 5.92 Å². The lowest BCUT2D eigenvalue weighted by atomic mass is 9.80. The Hall–Kier alpha value is -1.41. The highest BCUT2D eigenvalue weighted by Crippen LogP contribution is 2.31. The van der Waals surface area contributed by atoms with Crippen molar-refractivity contribution in [2.45, 2.75) is 38.2 Å². The minimum Gasteiger partial charge on any atom is -0.393 e. The Morgan fingerprint density at radius 2 is 2.06 bits per heavy atom. The molecule has 0 radical (unpaired) electrons. The van der Waals surface area contributed by atoms with Crippen LogP contribution in [-0.2, 0) is 6.42 Å². The van der Waals surface area contributed by atoms with Gasteiger partial charge in [0.25, 0.3) is 0 Å². The van der Waals surface area contributed by atoms with Crippen LogP contribution in [-0.4, -0.2) is 16.2 Å². The van der Waals surface area contributed by atoms with Crippen LogP contribution < -0.4 is 0 Å². The Morgan fingerprint density at radius 1 is 1.22 bits per heavy atom. The fourth-order valence-corrected chi connectivity index (χ4v) is 2.78. The summed E-state index contributed by atoms with van der Waals surface area (Å²) in [5.41, 5.74) is 2.23. The molecule has 2 heteroatoms. The number of rotatable bonds is 4. The summed E-state index contributed by atoms with van der Waals surface area (Å²) in [5, 5.41) is 11.4. The summed E-state index contributed by atoms with van der Waals surface area (Å²) in [6.07, 6.45) is 7.28. The molecule has 1 aliphatic carbocycles. The quantitative estimate of drug-likeness (QED) is 0.890. The molecule has 1 N–H and O–H groups in total. The van der Waals surface area contributed by atoms with E-state index in [-0.39, 0.29) is 6.10 Å². The molecule has 94 valence electrons. The molecule has 0 spiro atoms. The predicted octanol–water partition coefficient (Wildman–Crippen LogP) is 3.33. The Kier molecular flexibility index (Phi) is 3.28. The number of fused-ring (bicyclic) bond motifs is 1. The molecule has 0 aliphatic heterocycles. The number of para-hydroxylation sites is 1. The second kappa shape index (κ2) is 5.07. The van der Waals surface area contributed by atoms with Crippen molar-refractivity contribution in [2.75, 3.05) is 0 Å². The standard InChI is InChI=1S/C16H19NO/c18-14(10-12-4-3-5-12)11-13-8-9-17-16-7-2-1-6-15(13)16/h1-2,6-9,12,14,18H,3-5,10-11H2. The van der Waals surface area contributed by atoms with Crippen LogP contribution >= 0.6 is 0 Å². The molecule has 3 rings (SSSR count). The maximum absolute atomic E-state index is 10.2. The van der Waals surface area contributed by atoms with E-state index in [1.54, 1.807) is 0 Å². The molecule has 1 atom stereocenters. The zero-order valence-corrected chi connectivity index (χ0v) is 10.5. The van der Waals surface area contributed by atoms with Crippen molar-refractivity contribution in [3.63, 3.8) is 0 Å². The van der Waals surface area contributed by atoms with Gasteiger partial charge in [-0.2, -0.15) is 0 Å². The van der Waals surface area contributed by atoms with E-state index in [9.17, 15) is 5.11 Å². The third kappa shape index (κ3) is 2.39. The van der Waals surface area contributed by atoms with Gasteiger partial charge in [-0.3, -0.25) is 4.98 Å². The van der Waals surface area contributed by atoms with Crippen molar-refractivity contribution in [1.82, 2.24) is 4.98 Å². The van der Waals surface area contributed by atoms with E-state index in [4.69, 9.17) is 0 Å². The Bertz CT molecular complexity index is 528. The Balaban J connectivity index is 1.76. The van der Waals surface area contributed by atoms with Crippen molar-refractivity contribution in [1.29, 1.82) is 0 Å². The molecule has 1 fully saturated rings. The highest BCUT2D eigenvalue weighted by Gasteiger charge is 2.21. The van der Waals surface area contributed by atoms with Crippen molar-refractivity contribution in [3.8, 4) is 0 Å². The average molecular weight is 241 g/mol. The first kappa shape index (κ1) is 11.7. The summed E-state index contributed by atoms with van der Waals surface area (Å²) in [7, 11) is 0. The Morgan fingerprint density at radius 3 is 2.83 bits per heavy atom. The summed E-state index contributed by atoms with van der Waals surface area (Å²) in [6.45, 7) is 0. The van der Waals surface area contributed by atoms with Crippen molar-refractivity contribution < 1.29 is 5.11 Å². The maximum atomic E-state index is 10.2. The number of aromatic nitrogens is 1. The molecule has 1 aromatic carbocycles. The van der Waals surface area contributed by atoms with Gasteiger partial charge >= 0.3 is 0 Å². The van der Waals surface area contributed by atoms with E-state index in [1.165, 1.54) is 30.2 Å². The molecule has 1 aliphatic rings. The van der Waals surface area contributed by atoms with Gasteiger partial charge in [-0.15, -0.1) is 0 Å². The van der Waals surface area contributed by atoms with Gasteiger partial charge < -0.3 is 5.11 Å². The normalized spacial score (nSPS) is 17.6. The van der Waals surface area contributed by atoms with Gasteiger partial charge in [0.15, 0.2) is 0 Å². The largest absolute Gasteiger partial charge is 0.393 e. The molecule has 0 bridgehead atoms. The molecule has 1 heterocycles. The Labute approximate surface area is 108 Å². The number of benzene rings is 1. The first-order valence-corrected chi connectivity index (χ1v) is 6.83. The first-order valence-electron chi connectivity index (χ1n) is 6.83. The van der Waals surface area contributed by atoms with Crippen LogP contribution in [0.3, 0.4) is 0 Å². The van der Waals surface area contributed by atoms with E-state index >= 15 is 0 Å². The van der Waals surface area contributed by atoms with Gasteiger partial charge in [-0.05, 0) is 36.5 Å². The van der Waals surface area contributed by atoms with Crippen molar-refractivity contribution in [2.24, 2.45) is 5.92 Å². The van der Waals surface area contributed by atoms with Gasteiger partial charge in [0.2, 0.25) is 0 Å². The second-order valence-electron chi connectivity index (χ2n) is 5.38. The van der Waals surface area contributed by atoms with Gasteiger partial charge in [0, 0.05) is 11.6 Å². The topological polar surface area (TPSA) is 33.1 Å². The van der Waals surface area contributed by atoms with E-state index in [0.717, 1.165) is 24.3 Å². The zero-order valence-electron chi connectivity index (χ0n) is 10.5. The molecule has 0 amide bonds. The van der Waals surface area contributed by atoms with E-state index < -0.39 is 0 Å². The summed E-state index contributed by atoms with van der Waals surface area (Å²) in [5.74, 6) is 0.758. The summed E-state index contributed by atoms with van der Waals surface area (Å²) in [6, 6.07) is 10.2. The molecule has 0 saturated heterocycles. The third-order valence-corrected chi connectivity index (χ3v) is 4.03. The molecular weight excluding hydrogens is 222 g/mol. The van der Waals surface area contributed by atoms with Crippen LogP contribution in [0.1, 0.15) is 31.2 Å². The van der Waals surface area contributed by atoms with Crippen LogP contribution in [0.25, 0.3) is 10.9 Å². The number of hydrogen-bond donors (Lipinski definition) is 1. The molecular formula is C16H19NO. The van der Waals surface area contributed by atoms with Gasteiger partial charge in [-0.25, -0.2) is 0 Å². The minimum absolute atomic E-state index is 0.207. The molecule has 18 heavy (non-hydrogen) atoms. The summed E-state index contributed by atoms with van der Waals surface area (Å²) in [4.78, 5) is 4.36. The smallest absolute Gasteiger partial charge is 0.0704 e. The van der Waals surface area contributed by atoms with Crippen LogP contribution in [0.5, 0.6) is 0 Å². The molecule has 2 nitrogen and oxygen atoms in total. The van der Waals surface area contributed by atoms with E-state index in [1.807, 2.05) is 30.5 Å². The number of aliphatic hydroxyl groups is 1. The van der Waals surface area contributed by atoms with Crippen LogP contribution in [0.2, 0.25) is 0 Å².